The van der Waals surface area contributed by atoms with Gasteiger partial charge in [-0.25, -0.2) is 4.79 Å². The molecule has 1 aliphatic carbocycles. The smallest absolute Gasteiger partial charge is 0.325 e. The number of nitrogens with zero attached hydrogens (tertiary/aromatic N) is 2. The van der Waals surface area contributed by atoms with E-state index in [1.54, 1.807) is 0 Å². The van der Waals surface area contributed by atoms with Crippen molar-refractivity contribution >= 4 is 23.8 Å². The minimum atomic E-state index is -1.09. The number of amides is 5. The van der Waals surface area contributed by atoms with Gasteiger partial charge < -0.3 is 15.5 Å². The molecule has 0 radical (unpaired) electrons. The largest absolute Gasteiger partial charge is 0.358 e. The molecule has 2 aliphatic rings. The third-order valence-corrected chi connectivity index (χ3v) is 5.03. The van der Waals surface area contributed by atoms with Gasteiger partial charge in [0.15, 0.2) is 0 Å². The fourth-order valence-electron chi connectivity index (χ4n) is 3.59. The second kappa shape index (κ2) is 6.78. The number of aryl methyl sites for hydroxylation is 1. The molecule has 0 bridgehead atoms. The zero-order chi connectivity index (χ0) is 18.9. The second-order valence-electron chi connectivity index (χ2n) is 6.66. The summed E-state index contributed by atoms with van der Waals surface area (Å²) >= 11 is 0. The maximum Gasteiger partial charge on any atom is 0.325 e. The minimum absolute atomic E-state index is 0.132. The maximum absolute atomic E-state index is 13.1. The van der Waals surface area contributed by atoms with Crippen molar-refractivity contribution in [1.82, 2.24) is 20.4 Å². The number of nitrogens with one attached hydrogen (secondary N) is 2. The summed E-state index contributed by atoms with van der Waals surface area (Å²) < 4.78 is 0. The van der Waals surface area contributed by atoms with Crippen molar-refractivity contribution in [3.63, 3.8) is 0 Å². The Morgan fingerprint density at radius 1 is 1.31 bits per heavy atom. The highest BCUT2D eigenvalue weighted by Crippen LogP contribution is 2.39. The van der Waals surface area contributed by atoms with E-state index in [9.17, 15) is 19.2 Å². The first kappa shape index (κ1) is 17.9. The topological polar surface area (TPSA) is 98.8 Å². The van der Waals surface area contributed by atoms with Gasteiger partial charge in [-0.3, -0.25) is 19.3 Å². The van der Waals surface area contributed by atoms with Crippen LogP contribution in [0.25, 0.3) is 0 Å². The van der Waals surface area contributed by atoms with Crippen LogP contribution in [0.5, 0.6) is 0 Å². The van der Waals surface area contributed by atoms with Crippen LogP contribution in [0.1, 0.15) is 24.0 Å². The van der Waals surface area contributed by atoms with Crippen LogP contribution in [-0.2, 0) is 26.3 Å². The van der Waals surface area contributed by atoms with Crippen LogP contribution in [0.4, 0.5) is 4.79 Å². The van der Waals surface area contributed by atoms with Gasteiger partial charge in [-0.15, -0.1) is 0 Å². The number of imide groups is 1. The summed E-state index contributed by atoms with van der Waals surface area (Å²) in [5, 5.41) is 5.24. The zero-order valence-electron chi connectivity index (χ0n) is 14.9. The summed E-state index contributed by atoms with van der Waals surface area (Å²) in [5.41, 5.74) is 0.751. The fourth-order valence-corrected chi connectivity index (χ4v) is 3.59. The molecule has 1 atom stereocenters. The number of hydrogen-bond donors (Lipinski definition) is 2. The number of urea groups is 1. The lowest BCUT2D eigenvalue weighted by molar-refractivity contribution is -0.140. The van der Waals surface area contributed by atoms with Crippen molar-refractivity contribution in [2.24, 2.45) is 0 Å². The van der Waals surface area contributed by atoms with Gasteiger partial charge >= 0.3 is 6.03 Å². The standard InChI is InChI=1S/C18H22N4O4/c1-19-14(23)10-21(2)15(24)11-22-16(25)18(20-17(22)26)9-5-7-12-6-3-4-8-13(12)18/h3-4,6,8H,5,7,9-11H2,1-2H3,(H,19,23)(H,20,26)/t18-/m1/s1. The van der Waals surface area contributed by atoms with E-state index in [1.807, 2.05) is 24.3 Å². The molecule has 5 amide bonds. The van der Waals surface area contributed by atoms with Gasteiger partial charge in [-0.05, 0) is 30.4 Å². The molecule has 26 heavy (non-hydrogen) atoms. The van der Waals surface area contributed by atoms with Crippen molar-refractivity contribution in [3.8, 4) is 0 Å². The fraction of sp³-hybridized carbons (Fsp3) is 0.444. The molecule has 1 spiro atoms. The predicted octanol–water partition coefficient (Wildman–Crippen LogP) is -0.0256. The Morgan fingerprint density at radius 3 is 2.77 bits per heavy atom. The highest BCUT2D eigenvalue weighted by atomic mass is 16.2. The highest BCUT2D eigenvalue weighted by Gasteiger charge is 2.54. The third-order valence-electron chi connectivity index (χ3n) is 5.03. The van der Waals surface area contributed by atoms with Crippen LogP contribution in [-0.4, -0.2) is 60.7 Å². The average molecular weight is 358 g/mol. The summed E-state index contributed by atoms with van der Waals surface area (Å²) in [5.74, 6) is -1.20. The number of benzene rings is 1. The third kappa shape index (κ3) is 2.91. The van der Waals surface area contributed by atoms with Crippen molar-refractivity contribution in [3.05, 3.63) is 35.4 Å². The first-order chi connectivity index (χ1) is 12.4. The summed E-state index contributed by atoms with van der Waals surface area (Å²) in [7, 11) is 2.93. The van der Waals surface area contributed by atoms with Gasteiger partial charge in [0, 0.05) is 14.1 Å². The second-order valence-corrected chi connectivity index (χ2v) is 6.66. The van der Waals surface area contributed by atoms with Gasteiger partial charge in [0.1, 0.15) is 12.1 Å². The van der Waals surface area contributed by atoms with Crippen molar-refractivity contribution in [2.45, 2.75) is 24.8 Å². The van der Waals surface area contributed by atoms with E-state index in [0.717, 1.165) is 28.9 Å². The Labute approximate surface area is 151 Å². The van der Waals surface area contributed by atoms with E-state index >= 15 is 0 Å². The molecule has 3 rings (SSSR count). The summed E-state index contributed by atoms with van der Waals surface area (Å²) in [6, 6.07) is 6.99. The molecule has 1 fully saturated rings. The van der Waals surface area contributed by atoms with Crippen molar-refractivity contribution in [2.75, 3.05) is 27.2 Å². The first-order valence-electron chi connectivity index (χ1n) is 8.56. The lowest BCUT2D eigenvalue weighted by Gasteiger charge is -2.33. The Balaban J connectivity index is 1.80. The van der Waals surface area contributed by atoms with E-state index in [4.69, 9.17) is 0 Å². The van der Waals surface area contributed by atoms with Crippen LogP contribution in [0.3, 0.4) is 0 Å². The van der Waals surface area contributed by atoms with E-state index in [1.165, 1.54) is 19.0 Å². The van der Waals surface area contributed by atoms with Crippen LogP contribution in [0, 0.1) is 0 Å². The molecule has 2 N–H and O–H groups in total. The number of hydrogen-bond acceptors (Lipinski definition) is 4. The molecule has 0 unspecified atom stereocenters. The van der Waals surface area contributed by atoms with Crippen LogP contribution >= 0.6 is 0 Å². The van der Waals surface area contributed by atoms with Gasteiger partial charge in [0.05, 0.1) is 6.54 Å². The molecular weight excluding hydrogens is 336 g/mol. The quantitative estimate of drug-likeness (QED) is 0.739. The molecule has 138 valence electrons. The normalized spacial score (nSPS) is 21.4. The Bertz CT molecular complexity index is 778. The SMILES string of the molecule is CNC(=O)CN(C)C(=O)CN1C(=O)N[C@@]2(CCCc3ccccc32)C1=O. The Hall–Kier alpha value is -2.90. The highest BCUT2D eigenvalue weighted by molar-refractivity contribution is 6.09. The van der Waals surface area contributed by atoms with Crippen LogP contribution < -0.4 is 10.6 Å². The predicted molar refractivity (Wildman–Crippen MR) is 93.0 cm³/mol. The number of fused-ring (bicyclic) bond motifs is 2. The van der Waals surface area contributed by atoms with Gasteiger partial charge in [-0.1, -0.05) is 24.3 Å². The number of likely N-dealkylation sites (N-methyl/N-ethyl adjacent to an activating group) is 2. The molecule has 8 heteroatoms. The van der Waals surface area contributed by atoms with E-state index < -0.39 is 23.4 Å². The van der Waals surface area contributed by atoms with E-state index in [0.29, 0.717) is 6.42 Å². The molecule has 8 nitrogen and oxygen atoms in total. The van der Waals surface area contributed by atoms with Crippen molar-refractivity contribution in [1.29, 1.82) is 0 Å². The van der Waals surface area contributed by atoms with Crippen LogP contribution in [0.2, 0.25) is 0 Å². The molecule has 1 aromatic rings. The Kier molecular flexibility index (Phi) is 4.67. The van der Waals surface area contributed by atoms with Gasteiger partial charge in [-0.2, -0.15) is 0 Å². The van der Waals surface area contributed by atoms with Gasteiger partial charge in [0.25, 0.3) is 5.91 Å². The zero-order valence-corrected chi connectivity index (χ0v) is 14.9. The Morgan fingerprint density at radius 2 is 2.04 bits per heavy atom. The summed E-state index contributed by atoms with van der Waals surface area (Å²) in [6.07, 6.45) is 2.14. The average Bonchev–Trinajstić information content (AvgIpc) is 2.86. The van der Waals surface area contributed by atoms with Gasteiger partial charge in [0.2, 0.25) is 11.8 Å². The number of carbonyl (C=O) groups is 4. The molecule has 0 saturated carbocycles. The lowest BCUT2D eigenvalue weighted by Crippen LogP contribution is -2.47. The lowest BCUT2D eigenvalue weighted by atomic mass is 9.76. The maximum atomic E-state index is 13.1. The van der Waals surface area contributed by atoms with E-state index in [2.05, 4.69) is 10.6 Å². The molecule has 1 saturated heterocycles. The van der Waals surface area contributed by atoms with E-state index in [-0.39, 0.29) is 19.0 Å². The molecule has 1 aromatic carbocycles. The summed E-state index contributed by atoms with van der Waals surface area (Å²) in [4.78, 5) is 51.4. The minimum Gasteiger partial charge on any atom is -0.358 e. The molecular formula is C18H22N4O4. The monoisotopic (exact) mass is 358 g/mol. The number of carbonyl (C=O) groups excluding carboxylic acids is 4. The molecule has 1 heterocycles. The first-order valence-corrected chi connectivity index (χ1v) is 8.56. The molecule has 1 aliphatic heterocycles. The van der Waals surface area contributed by atoms with Crippen LogP contribution in [0.15, 0.2) is 24.3 Å². The van der Waals surface area contributed by atoms with Crippen molar-refractivity contribution < 1.29 is 19.2 Å². The molecule has 0 aromatic heterocycles. The summed E-state index contributed by atoms with van der Waals surface area (Å²) in [6.45, 7) is -0.519. The number of rotatable bonds is 4.